The Morgan fingerprint density at radius 2 is 1.94 bits per heavy atom. The highest BCUT2D eigenvalue weighted by molar-refractivity contribution is 5.89. The number of carbonyl (C=O) groups excluding carboxylic acids is 1. The standard InChI is InChI=1S/C19H16F6N4O3/c1-9-8-29(4-5-31-9)13-7-10(18(20,21)22)6-12(27-13)11-2-3-26-16-14(11)15(19(23,24)25)32-17(30)28-16/h2-3,6-7,9,15H,4-5,8H2,1H3,(H,26,28,30). The fourth-order valence-electron chi connectivity index (χ4n) is 3.59. The highest BCUT2D eigenvalue weighted by Gasteiger charge is 2.49. The summed E-state index contributed by atoms with van der Waals surface area (Å²) in [5.74, 6) is -0.512. The Labute approximate surface area is 177 Å². The zero-order valence-corrected chi connectivity index (χ0v) is 16.4. The predicted octanol–water partition coefficient (Wildman–Crippen LogP) is 4.55. The number of ether oxygens (including phenoxy) is 2. The first-order chi connectivity index (χ1) is 14.9. The lowest BCUT2D eigenvalue weighted by molar-refractivity contribution is -0.206. The fraction of sp³-hybridized carbons (Fsp3) is 0.421. The van der Waals surface area contributed by atoms with Gasteiger partial charge in [0, 0.05) is 24.8 Å². The van der Waals surface area contributed by atoms with Crippen LogP contribution < -0.4 is 10.2 Å². The monoisotopic (exact) mass is 462 g/mol. The van der Waals surface area contributed by atoms with Crippen LogP contribution in [0, 0.1) is 0 Å². The van der Waals surface area contributed by atoms with Gasteiger partial charge in [-0.3, -0.25) is 5.32 Å². The third-order valence-corrected chi connectivity index (χ3v) is 4.98. The van der Waals surface area contributed by atoms with Crippen molar-refractivity contribution in [2.75, 3.05) is 29.9 Å². The Kier molecular flexibility index (Phi) is 5.39. The highest BCUT2D eigenvalue weighted by Crippen LogP contribution is 2.46. The van der Waals surface area contributed by atoms with Gasteiger partial charge in [0.15, 0.2) is 0 Å². The topological polar surface area (TPSA) is 76.6 Å². The molecule has 2 aliphatic heterocycles. The average molecular weight is 462 g/mol. The zero-order chi connectivity index (χ0) is 23.3. The number of anilines is 2. The summed E-state index contributed by atoms with van der Waals surface area (Å²) in [5, 5.41) is 2.05. The molecule has 0 bridgehead atoms. The van der Waals surface area contributed by atoms with Gasteiger partial charge in [0.05, 0.1) is 29.5 Å². The molecular weight excluding hydrogens is 446 g/mol. The first-order valence-corrected chi connectivity index (χ1v) is 9.43. The van der Waals surface area contributed by atoms with E-state index in [9.17, 15) is 31.1 Å². The number of nitrogens with zero attached hydrogens (tertiary/aromatic N) is 3. The van der Waals surface area contributed by atoms with Crippen molar-refractivity contribution in [3.8, 4) is 11.3 Å². The number of morpholine rings is 1. The summed E-state index contributed by atoms with van der Waals surface area (Å²) in [5.41, 5.74) is -2.34. The number of rotatable bonds is 2. The van der Waals surface area contributed by atoms with E-state index in [0.29, 0.717) is 6.07 Å². The van der Waals surface area contributed by atoms with Gasteiger partial charge < -0.3 is 14.4 Å². The maximum absolute atomic E-state index is 13.6. The SMILES string of the molecule is CC1CN(c2cc(C(F)(F)F)cc(-c3ccnc4c3C(C(F)(F)F)OC(=O)N4)n2)CCO1. The van der Waals surface area contributed by atoms with E-state index < -0.39 is 41.5 Å². The van der Waals surface area contributed by atoms with E-state index in [4.69, 9.17) is 4.74 Å². The number of amides is 1. The molecule has 0 spiro atoms. The molecule has 32 heavy (non-hydrogen) atoms. The molecule has 7 nitrogen and oxygen atoms in total. The lowest BCUT2D eigenvalue weighted by Crippen LogP contribution is -2.41. The number of cyclic esters (lactones) is 1. The van der Waals surface area contributed by atoms with E-state index in [0.717, 1.165) is 18.3 Å². The Hall–Kier alpha value is -3.09. The van der Waals surface area contributed by atoms with Crippen LogP contribution in [0.25, 0.3) is 11.3 Å². The third kappa shape index (κ3) is 4.29. The number of hydrogen-bond donors (Lipinski definition) is 1. The molecule has 1 saturated heterocycles. The smallest absolute Gasteiger partial charge is 0.430 e. The van der Waals surface area contributed by atoms with E-state index in [1.165, 1.54) is 0 Å². The van der Waals surface area contributed by atoms with E-state index >= 15 is 0 Å². The quantitative estimate of drug-likeness (QED) is 0.660. The van der Waals surface area contributed by atoms with Crippen LogP contribution in [0.15, 0.2) is 24.4 Å². The zero-order valence-electron chi connectivity index (χ0n) is 16.4. The number of nitrogens with one attached hydrogen (secondary N) is 1. The molecule has 2 atom stereocenters. The molecule has 0 saturated carbocycles. The molecule has 172 valence electrons. The van der Waals surface area contributed by atoms with Gasteiger partial charge >= 0.3 is 18.4 Å². The molecule has 1 amide bonds. The average Bonchev–Trinajstić information content (AvgIpc) is 2.71. The van der Waals surface area contributed by atoms with Crippen molar-refractivity contribution in [1.82, 2.24) is 9.97 Å². The Morgan fingerprint density at radius 3 is 2.59 bits per heavy atom. The molecule has 0 aromatic carbocycles. The van der Waals surface area contributed by atoms with Crippen LogP contribution in [0.1, 0.15) is 24.2 Å². The largest absolute Gasteiger partial charge is 0.431 e. The molecule has 0 aliphatic carbocycles. The van der Waals surface area contributed by atoms with Crippen molar-refractivity contribution in [3.05, 3.63) is 35.5 Å². The summed E-state index contributed by atoms with van der Waals surface area (Å²) < 4.78 is 91.5. The molecule has 0 radical (unpaired) electrons. The number of fused-ring (bicyclic) bond motifs is 1. The number of alkyl halides is 6. The number of carbonyl (C=O) groups is 1. The summed E-state index contributed by atoms with van der Waals surface area (Å²) in [6, 6.07) is 2.61. The molecule has 2 unspecified atom stereocenters. The third-order valence-electron chi connectivity index (χ3n) is 4.98. The van der Waals surface area contributed by atoms with Crippen molar-refractivity contribution in [3.63, 3.8) is 0 Å². The van der Waals surface area contributed by atoms with Crippen LogP contribution in [0.2, 0.25) is 0 Å². The molecule has 2 aliphatic rings. The van der Waals surface area contributed by atoms with Crippen LogP contribution in [0.4, 0.5) is 42.8 Å². The Balaban J connectivity index is 1.90. The summed E-state index contributed by atoms with van der Waals surface area (Å²) in [7, 11) is 0. The molecule has 2 aromatic rings. The van der Waals surface area contributed by atoms with Crippen molar-refractivity contribution >= 4 is 17.7 Å². The van der Waals surface area contributed by atoms with Gasteiger partial charge in [-0.05, 0) is 25.1 Å². The summed E-state index contributed by atoms with van der Waals surface area (Å²) in [6.45, 7) is 2.52. The summed E-state index contributed by atoms with van der Waals surface area (Å²) in [4.78, 5) is 21.1. The minimum absolute atomic E-state index is 0.0557. The van der Waals surface area contributed by atoms with Gasteiger partial charge in [-0.25, -0.2) is 14.8 Å². The van der Waals surface area contributed by atoms with Gasteiger partial charge in [-0.15, -0.1) is 0 Å². The molecule has 1 fully saturated rings. The van der Waals surface area contributed by atoms with Crippen molar-refractivity contribution in [2.45, 2.75) is 31.5 Å². The number of halogens is 6. The summed E-state index contributed by atoms with van der Waals surface area (Å²) in [6.07, 6.45) is -13.1. The number of hydrogen-bond acceptors (Lipinski definition) is 6. The second-order valence-electron chi connectivity index (χ2n) is 7.30. The maximum atomic E-state index is 13.6. The second-order valence-corrected chi connectivity index (χ2v) is 7.30. The van der Waals surface area contributed by atoms with Gasteiger partial charge in [0.2, 0.25) is 6.10 Å². The van der Waals surface area contributed by atoms with Crippen molar-refractivity contribution in [2.24, 2.45) is 0 Å². The number of aromatic nitrogens is 2. The van der Waals surface area contributed by atoms with Crippen LogP contribution in [0.3, 0.4) is 0 Å². The van der Waals surface area contributed by atoms with Crippen LogP contribution in [0.5, 0.6) is 0 Å². The van der Waals surface area contributed by atoms with Gasteiger partial charge in [0.25, 0.3) is 0 Å². The molecule has 1 N–H and O–H groups in total. The summed E-state index contributed by atoms with van der Waals surface area (Å²) >= 11 is 0. The van der Waals surface area contributed by atoms with Crippen molar-refractivity contribution < 1.29 is 40.6 Å². The predicted molar refractivity (Wildman–Crippen MR) is 99.0 cm³/mol. The molecule has 4 heterocycles. The number of pyridine rings is 2. The van der Waals surface area contributed by atoms with E-state index in [-0.39, 0.29) is 42.9 Å². The maximum Gasteiger partial charge on any atom is 0.430 e. The van der Waals surface area contributed by atoms with Crippen LogP contribution in [-0.4, -0.2) is 48.0 Å². The van der Waals surface area contributed by atoms with Gasteiger partial charge in [-0.2, -0.15) is 26.3 Å². The highest BCUT2D eigenvalue weighted by atomic mass is 19.4. The molecule has 4 rings (SSSR count). The molecular formula is C19H16F6N4O3. The van der Waals surface area contributed by atoms with Crippen LogP contribution >= 0.6 is 0 Å². The lowest BCUT2D eigenvalue weighted by Gasteiger charge is -2.33. The Bertz CT molecular complexity index is 1040. The molecule has 13 heteroatoms. The second kappa shape index (κ2) is 7.80. The van der Waals surface area contributed by atoms with Gasteiger partial charge in [-0.1, -0.05) is 0 Å². The van der Waals surface area contributed by atoms with E-state index in [1.807, 2.05) is 0 Å². The first-order valence-electron chi connectivity index (χ1n) is 9.43. The normalized spacial score (nSPS) is 21.6. The fourth-order valence-corrected chi connectivity index (χ4v) is 3.59. The molecule has 2 aromatic heterocycles. The van der Waals surface area contributed by atoms with Crippen molar-refractivity contribution in [1.29, 1.82) is 0 Å². The Morgan fingerprint density at radius 1 is 1.19 bits per heavy atom. The lowest BCUT2D eigenvalue weighted by atomic mass is 9.98. The van der Waals surface area contributed by atoms with Crippen LogP contribution in [-0.2, 0) is 15.7 Å². The van der Waals surface area contributed by atoms with Gasteiger partial charge in [0.1, 0.15) is 11.6 Å². The minimum atomic E-state index is -5.02. The van der Waals surface area contributed by atoms with E-state index in [2.05, 4.69) is 20.0 Å². The van der Waals surface area contributed by atoms with E-state index in [1.54, 1.807) is 11.8 Å². The first kappa shape index (κ1) is 22.1. The minimum Gasteiger partial charge on any atom is -0.431 e.